The average Bonchev–Trinajstić information content (AvgIpc) is 2.93. The van der Waals surface area contributed by atoms with Gasteiger partial charge in [-0.05, 0) is 61.0 Å². The first-order valence-electron chi connectivity index (χ1n) is 11.7. The Kier molecular flexibility index (Phi) is 10.3. The van der Waals surface area contributed by atoms with Crippen molar-refractivity contribution < 1.29 is 4.74 Å². The Hall–Kier alpha value is -2.95. The molecular weight excluding hydrogens is 535 g/mol. The van der Waals surface area contributed by atoms with E-state index in [4.69, 9.17) is 39.5 Å². The number of pyridine rings is 2. The molecule has 0 amide bonds. The summed E-state index contributed by atoms with van der Waals surface area (Å²) in [5.41, 5.74) is 3.00. The van der Waals surface area contributed by atoms with Crippen molar-refractivity contribution in [1.29, 1.82) is 0 Å². The van der Waals surface area contributed by atoms with E-state index in [1.165, 1.54) is 0 Å². The zero-order valence-electron chi connectivity index (χ0n) is 19.9. The summed E-state index contributed by atoms with van der Waals surface area (Å²) in [5.74, 6) is 0.615. The molecule has 0 atom stereocenters. The molecule has 192 valence electrons. The van der Waals surface area contributed by atoms with Crippen LogP contribution in [0.15, 0.2) is 61.2 Å². The highest BCUT2D eigenvalue weighted by atomic mass is 35.5. The lowest BCUT2D eigenvalue weighted by Crippen LogP contribution is -2.37. The number of ether oxygens (including phenoxy) is 1. The minimum absolute atomic E-state index is 0.197. The van der Waals surface area contributed by atoms with Gasteiger partial charge in [0.15, 0.2) is 0 Å². The molecule has 1 aliphatic rings. The van der Waals surface area contributed by atoms with Gasteiger partial charge in [0.25, 0.3) is 0 Å². The van der Waals surface area contributed by atoms with Crippen LogP contribution in [0.2, 0.25) is 15.6 Å². The molecule has 1 saturated heterocycles. The van der Waals surface area contributed by atoms with Crippen LogP contribution in [0, 0.1) is 0 Å². The van der Waals surface area contributed by atoms with Crippen LogP contribution in [0.5, 0.6) is 0 Å². The standard InChI is InChI=1S/C16H20ClN5O.C9H5Cl2N3/c17-15-13(3-1-5-18-15)14-4-7-20-16(21-14)19-6-2-8-22-9-11-23-12-10-22;10-8-6(2-1-4-12-8)7-3-5-13-9(11)14-7/h1,3-5,7H,2,6,8-12H2,(H,19,20,21);1-5H. The second-order valence-electron chi connectivity index (χ2n) is 7.89. The van der Waals surface area contributed by atoms with Crippen LogP contribution in [0.1, 0.15) is 6.42 Å². The number of aromatic nitrogens is 6. The number of rotatable bonds is 7. The summed E-state index contributed by atoms with van der Waals surface area (Å²) in [6.45, 7) is 5.61. The minimum Gasteiger partial charge on any atom is -0.379 e. The monoisotopic (exact) mass is 558 g/mol. The van der Waals surface area contributed by atoms with Gasteiger partial charge in [0, 0.05) is 55.5 Å². The fraction of sp³-hybridized carbons (Fsp3) is 0.280. The van der Waals surface area contributed by atoms with Gasteiger partial charge in [-0.1, -0.05) is 23.2 Å². The zero-order valence-corrected chi connectivity index (χ0v) is 22.2. The SMILES string of the molecule is Clc1nccc(-c2cccnc2Cl)n1.Clc1ncccc1-c1ccnc(NCCCN2CCOCC2)n1. The Morgan fingerprint density at radius 2 is 1.38 bits per heavy atom. The predicted octanol–water partition coefficient (Wildman–Crippen LogP) is 5.17. The highest BCUT2D eigenvalue weighted by Gasteiger charge is 2.10. The Morgan fingerprint density at radius 1 is 0.757 bits per heavy atom. The van der Waals surface area contributed by atoms with Crippen molar-refractivity contribution in [3.05, 3.63) is 76.8 Å². The molecule has 0 radical (unpaired) electrons. The second kappa shape index (κ2) is 14.1. The Labute approximate surface area is 230 Å². The Balaban J connectivity index is 0.000000195. The molecule has 0 spiro atoms. The number of nitrogens with zero attached hydrogens (tertiary/aromatic N) is 7. The van der Waals surface area contributed by atoms with Gasteiger partial charge in [0.05, 0.1) is 24.6 Å². The largest absolute Gasteiger partial charge is 0.379 e. The van der Waals surface area contributed by atoms with Crippen LogP contribution in [0.4, 0.5) is 5.95 Å². The summed E-state index contributed by atoms with van der Waals surface area (Å²) in [4.78, 5) is 27.0. The summed E-state index contributed by atoms with van der Waals surface area (Å²) >= 11 is 17.7. The van der Waals surface area contributed by atoms with Gasteiger partial charge in [-0.15, -0.1) is 0 Å². The summed E-state index contributed by atoms with van der Waals surface area (Å²) in [6.07, 6.45) is 7.64. The maximum absolute atomic E-state index is 6.12. The lowest BCUT2D eigenvalue weighted by molar-refractivity contribution is 0.0378. The smallest absolute Gasteiger partial charge is 0.223 e. The molecular formula is C25H25Cl3N8O. The van der Waals surface area contributed by atoms with Crippen LogP contribution in [-0.4, -0.2) is 74.2 Å². The van der Waals surface area contributed by atoms with Crippen LogP contribution in [0.25, 0.3) is 22.5 Å². The van der Waals surface area contributed by atoms with Crippen molar-refractivity contribution >= 4 is 40.8 Å². The van der Waals surface area contributed by atoms with E-state index in [1.54, 1.807) is 36.9 Å². The number of hydrogen-bond acceptors (Lipinski definition) is 9. The predicted molar refractivity (Wildman–Crippen MR) is 146 cm³/mol. The van der Waals surface area contributed by atoms with E-state index >= 15 is 0 Å². The molecule has 4 aromatic rings. The first-order valence-corrected chi connectivity index (χ1v) is 12.8. The molecule has 4 aromatic heterocycles. The number of halogens is 3. The first-order chi connectivity index (χ1) is 18.1. The van der Waals surface area contributed by atoms with E-state index in [9.17, 15) is 0 Å². The van der Waals surface area contributed by atoms with Gasteiger partial charge < -0.3 is 10.1 Å². The Morgan fingerprint density at radius 3 is 2.00 bits per heavy atom. The molecule has 0 bridgehead atoms. The minimum atomic E-state index is 0.197. The third-order valence-electron chi connectivity index (χ3n) is 5.39. The molecule has 1 N–H and O–H groups in total. The maximum atomic E-state index is 6.12. The highest BCUT2D eigenvalue weighted by Crippen LogP contribution is 2.25. The molecule has 5 heterocycles. The molecule has 5 rings (SSSR count). The molecule has 0 unspecified atom stereocenters. The van der Waals surface area contributed by atoms with Crippen molar-refractivity contribution in [2.75, 3.05) is 44.7 Å². The van der Waals surface area contributed by atoms with Gasteiger partial charge in [0.1, 0.15) is 10.3 Å². The third kappa shape index (κ3) is 8.28. The van der Waals surface area contributed by atoms with Crippen molar-refractivity contribution in [1.82, 2.24) is 34.8 Å². The maximum Gasteiger partial charge on any atom is 0.223 e. The lowest BCUT2D eigenvalue weighted by atomic mass is 10.2. The number of morpholine rings is 1. The zero-order chi connectivity index (χ0) is 25.9. The molecule has 0 saturated carbocycles. The summed E-state index contributed by atoms with van der Waals surface area (Å²) in [5, 5.41) is 4.32. The van der Waals surface area contributed by atoms with Crippen LogP contribution in [0.3, 0.4) is 0 Å². The van der Waals surface area contributed by atoms with Crippen LogP contribution < -0.4 is 5.32 Å². The molecule has 0 aliphatic carbocycles. The lowest BCUT2D eigenvalue weighted by Gasteiger charge is -2.26. The average molecular weight is 560 g/mol. The van der Waals surface area contributed by atoms with E-state index in [0.29, 0.717) is 21.9 Å². The quantitative estimate of drug-likeness (QED) is 0.187. The second-order valence-corrected chi connectivity index (χ2v) is 8.95. The summed E-state index contributed by atoms with van der Waals surface area (Å²) < 4.78 is 5.35. The topological polar surface area (TPSA) is 102 Å². The normalized spacial score (nSPS) is 13.5. The summed E-state index contributed by atoms with van der Waals surface area (Å²) in [6, 6.07) is 10.9. The molecule has 1 fully saturated rings. The molecule has 9 nitrogen and oxygen atoms in total. The van der Waals surface area contributed by atoms with Gasteiger partial charge in [-0.2, -0.15) is 0 Å². The number of nitrogens with one attached hydrogen (secondary N) is 1. The van der Waals surface area contributed by atoms with Gasteiger partial charge >= 0.3 is 0 Å². The van der Waals surface area contributed by atoms with Gasteiger partial charge in [0.2, 0.25) is 11.2 Å². The van der Waals surface area contributed by atoms with E-state index in [-0.39, 0.29) is 5.28 Å². The van der Waals surface area contributed by atoms with Crippen LogP contribution in [-0.2, 0) is 4.74 Å². The van der Waals surface area contributed by atoms with E-state index in [0.717, 1.165) is 62.6 Å². The van der Waals surface area contributed by atoms with E-state index in [1.807, 2.05) is 24.3 Å². The van der Waals surface area contributed by atoms with Crippen molar-refractivity contribution in [2.45, 2.75) is 6.42 Å². The first kappa shape index (κ1) is 27.1. The highest BCUT2D eigenvalue weighted by molar-refractivity contribution is 6.32. The van der Waals surface area contributed by atoms with E-state index in [2.05, 4.69) is 40.1 Å². The fourth-order valence-corrected chi connectivity index (χ4v) is 4.14. The fourth-order valence-electron chi connectivity index (χ4n) is 3.56. The van der Waals surface area contributed by atoms with Gasteiger partial charge in [-0.3, -0.25) is 4.90 Å². The van der Waals surface area contributed by atoms with Crippen molar-refractivity contribution in [3.63, 3.8) is 0 Å². The van der Waals surface area contributed by atoms with Crippen molar-refractivity contribution in [2.24, 2.45) is 0 Å². The number of anilines is 1. The molecule has 37 heavy (non-hydrogen) atoms. The summed E-state index contributed by atoms with van der Waals surface area (Å²) in [7, 11) is 0. The Bertz CT molecular complexity index is 1290. The third-order valence-corrected chi connectivity index (χ3v) is 6.17. The molecule has 12 heteroatoms. The number of hydrogen-bond donors (Lipinski definition) is 1. The molecule has 0 aromatic carbocycles. The van der Waals surface area contributed by atoms with Gasteiger partial charge in [-0.25, -0.2) is 29.9 Å². The van der Waals surface area contributed by atoms with E-state index < -0.39 is 0 Å². The van der Waals surface area contributed by atoms with Crippen LogP contribution >= 0.6 is 34.8 Å². The molecule has 1 aliphatic heterocycles. The van der Waals surface area contributed by atoms with Crippen molar-refractivity contribution in [3.8, 4) is 22.5 Å².